The third kappa shape index (κ3) is 6.69. The van der Waals surface area contributed by atoms with Crippen LogP contribution >= 0.6 is 11.3 Å². The zero-order valence-corrected chi connectivity index (χ0v) is 37.2. The molecule has 0 N–H and O–H groups in total. The van der Waals surface area contributed by atoms with Crippen molar-refractivity contribution in [3.05, 3.63) is 248 Å². The van der Waals surface area contributed by atoms with Crippen LogP contribution in [-0.4, -0.2) is 0 Å². The summed E-state index contributed by atoms with van der Waals surface area (Å²) in [4.78, 5) is 2.45. The molecular formula is C63H45NS. The van der Waals surface area contributed by atoms with E-state index in [1.165, 1.54) is 92.5 Å². The molecule has 0 amide bonds. The van der Waals surface area contributed by atoms with Crippen LogP contribution < -0.4 is 4.90 Å². The van der Waals surface area contributed by atoms with E-state index in [1.807, 2.05) is 11.3 Å². The molecule has 0 spiro atoms. The van der Waals surface area contributed by atoms with E-state index in [4.69, 9.17) is 0 Å². The predicted molar refractivity (Wildman–Crippen MR) is 279 cm³/mol. The van der Waals surface area contributed by atoms with E-state index in [9.17, 15) is 0 Å². The predicted octanol–water partition coefficient (Wildman–Crippen LogP) is 18.2. The third-order valence-electron chi connectivity index (χ3n) is 13.5. The highest BCUT2D eigenvalue weighted by Crippen LogP contribution is 2.52. The van der Waals surface area contributed by atoms with Gasteiger partial charge in [-0.1, -0.05) is 208 Å². The molecule has 11 aromatic rings. The molecule has 0 unspecified atom stereocenters. The van der Waals surface area contributed by atoms with E-state index in [0.29, 0.717) is 0 Å². The summed E-state index contributed by atoms with van der Waals surface area (Å²) in [7, 11) is 0. The monoisotopic (exact) mass is 847 g/mol. The average Bonchev–Trinajstić information content (AvgIpc) is 3.87. The lowest BCUT2D eigenvalue weighted by Gasteiger charge is -2.30. The average molecular weight is 848 g/mol. The van der Waals surface area contributed by atoms with Gasteiger partial charge in [-0.25, -0.2) is 0 Å². The minimum Gasteiger partial charge on any atom is -0.310 e. The largest absolute Gasteiger partial charge is 0.310 e. The first kappa shape index (κ1) is 38.9. The molecule has 0 saturated carbocycles. The summed E-state index contributed by atoms with van der Waals surface area (Å²) >= 11 is 1.88. The highest BCUT2D eigenvalue weighted by molar-refractivity contribution is 7.26. The van der Waals surface area contributed by atoms with E-state index >= 15 is 0 Å². The smallest absolute Gasteiger partial charge is 0.0546 e. The van der Waals surface area contributed by atoms with Crippen LogP contribution in [0.25, 0.3) is 86.9 Å². The Morgan fingerprint density at radius 2 is 0.831 bits per heavy atom. The van der Waals surface area contributed by atoms with Crippen molar-refractivity contribution < 1.29 is 0 Å². The molecule has 0 bridgehead atoms. The van der Waals surface area contributed by atoms with Crippen LogP contribution in [-0.2, 0) is 5.41 Å². The van der Waals surface area contributed by atoms with Gasteiger partial charge in [0.25, 0.3) is 0 Å². The standard InChI is InChI=1S/C63H45NS/c1-63(2)57-24-11-9-19-53(57)56-41-48(35-40-58(56)63)51-21-14-25-59(61(51)47-29-27-44(28-30-47)42-15-5-3-6-16-42)64(49-36-31-45(32-37-49)43-17-7-4-8-18-43)50-38-33-46(34-39-50)52-22-13-23-55-54-20-10-12-26-60(54)65-62(52)55/h3-41H,1-2H3. The fraction of sp³-hybridized carbons (Fsp3) is 0.0476. The van der Waals surface area contributed by atoms with Crippen LogP contribution in [0.3, 0.4) is 0 Å². The highest BCUT2D eigenvalue weighted by Gasteiger charge is 2.35. The maximum atomic E-state index is 2.45. The zero-order chi connectivity index (χ0) is 43.5. The van der Waals surface area contributed by atoms with Crippen molar-refractivity contribution in [2.75, 3.05) is 4.90 Å². The van der Waals surface area contributed by atoms with Gasteiger partial charge < -0.3 is 4.90 Å². The van der Waals surface area contributed by atoms with Gasteiger partial charge in [0, 0.05) is 42.5 Å². The Hall–Kier alpha value is -7.78. The highest BCUT2D eigenvalue weighted by atomic mass is 32.1. The number of hydrogen-bond donors (Lipinski definition) is 0. The van der Waals surface area contributed by atoms with Crippen LogP contribution in [0.15, 0.2) is 237 Å². The van der Waals surface area contributed by atoms with E-state index in [1.54, 1.807) is 0 Å². The van der Waals surface area contributed by atoms with Crippen molar-refractivity contribution >= 4 is 48.6 Å². The second-order valence-electron chi connectivity index (χ2n) is 17.6. The lowest BCUT2D eigenvalue weighted by Crippen LogP contribution is -2.14. The van der Waals surface area contributed by atoms with Crippen LogP contribution in [0.5, 0.6) is 0 Å². The molecule has 0 saturated heterocycles. The molecule has 0 atom stereocenters. The molecule has 0 aliphatic heterocycles. The number of nitrogens with zero attached hydrogens (tertiary/aromatic N) is 1. The van der Waals surface area contributed by atoms with Gasteiger partial charge in [-0.2, -0.15) is 0 Å². The number of benzene rings is 10. The summed E-state index contributed by atoms with van der Waals surface area (Å²) in [6, 6.07) is 87.2. The topological polar surface area (TPSA) is 3.24 Å². The number of anilines is 3. The molecule has 12 rings (SSSR count). The molecule has 1 aromatic heterocycles. The Morgan fingerprint density at radius 3 is 1.54 bits per heavy atom. The van der Waals surface area contributed by atoms with Crippen molar-refractivity contribution in [2.24, 2.45) is 0 Å². The second kappa shape index (κ2) is 15.8. The van der Waals surface area contributed by atoms with Crippen molar-refractivity contribution in [2.45, 2.75) is 19.3 Å². The first-order chi connectivity index (χ1) is 32.0. The van der Waals surface area contributed by atoms with Gasteiger partial charge in [0.1, 0.15) is 0 Å². The van der Waals surface area contributed by atoms with E-state index in [-0.39, 0.29) is 5.41 Å². The fourth-order valence-corrected chi connectivity index (χ4v) is 11.5. The molecule has 10 aromatic carbocycles. The van der Waals surface area contributed by atoms with Gasteiger partial charge in [0.05, 0.1) is 5.69 Å². The Labute approximate surface area is 385 Å². The Balaban J connectivity index is 1.06. The van der Waals surface area contributed by atoms with Crippen molar-refractivity contribution in [3.8, 4) is 66.8 Å². The summed E-state index contributed by atoms with van der Waals surface area (Å²) in [6.07, 6.45) is 0. The molecular weight excluding hydrogens is 803 g/mol. The quantitative estimate of drug-likeness (QED) is 0.147. The molecule has 1 aliphatic rings. The van der Waals surface area contributed by atoms with Gasteiger partial charge in [0.15, 0.2) is 0 Å². The molecule has 1 aliphatic carbocycles. The summed E-state index contributed by atoms with van der Waals surface area (Å²) in [5.41, 5.74) is 20.6. The van der Waals surface area contributed by atoms with Gasteiger partial charge in [0.2, 0.25) is 0 Å². The first-order valence-corrected chi connectivity index (χ1v) is 23.3. The molecule has 1 heterocycles. The van der Waals surface area contributed by atoms with Crippen molar-refractivity contribution in [3.63, 3.8) is 0 Å². The van der Waals surface area contributed by atoms with Crippen molar-refractivity contribution in [1.82, 2.24) is 0 Å². The van der Waals surface area contributed by atoms with E-state index in [0.717, 1.165) is 22.6 Å². The molecule has 2 heteroatoms. The van der Waals surface area contributed by atoms with E-state index in [2.05, 4.69) is 255 Å². The van der Waals surface area contributed by atoms with Gasteiger partial charge in [-0.3, -0.25) is 0 Å². The van der Waals surface area contributed by atoms with E-state index < -0.39 is 0 Å². The SMILES string of the molecule is CC1(C)c2ccccc2-c2cc(-c3cccc(N(c4ccc(-c5ccccc5)cc4)c4ccc(-c5cccc6c5sc5ccccc56)cc4)c3-c3ccc(-c4ccccc4)cc3)ccc21. The van der Waals surface area contributed by atoms with Crippen LogP contribution in [0.1, 0.15) is 25.0 Å². The summed E-state index contributed by atoms with van der Waals surface area (Å²) in [5, 5.41) is 2.63. The number of hydrogen-bond acceptors (Lipinski definition) is 2. The Bertz CT molecular complexity index is 3530. The lowest BCUT2D eigenvalue weighted by atomic mass is 9.82. The van der Waals surface area contributed by atoms with Crippen LogP contribution in [0.4, 0.5) is 17.1 Å². The molecule has 308 valence electrons. The number of thiophene rings is 1. The summed E-state index contributed by atoms with van der Waals surface area (Å²) < 4.78 is 2.64. The minimum atomic E-state index is -0.0697. The minimum absolute atomic E-state index is 0.0697. The summed E-state index contributed by atoms with van der Waals surface area (Å²) in [6.45, 7) is 4.71. The second-order valence-corrected chi connectivity index (χ2v) is 18.7. The zero-order valence-electron chi connectivity index (χ0n) is 36.4. The summed E-state index contributed by atoms with van der Waals surface area (Å²) in [5.74, 6) is 0. The van der Waals surface area contributed by atoms with Gasteiger partial charge >= 0.3 is 0 Å². The number of rotatable bonds is 8. The first-order valence-electron chi connectivity index (χ1n) is 22.5. The maximum absolute atomic E-state index is 2.45. The van der Waals surface area contributed by atoms with Gasteiger partial charge in [-0.05, 0) is 115 Å². The third-order valence-corrected chi connectivity index (χ3v) is 14.8. The fourth-order valence-electron chi connectivity index (χ4n) is 10.2. The Kier molecular flexibility index (Phi) is 9.44. The normalized spacial score (nSPS) is 12.6. The molecule has 0 radical (unpaired) electrons. The Morgan fingerprint density at radius 1 is 0.338 bits per heavy atom. The van der Waals surface area contributed by atoms with Crippen LogP contribution in [0.2, 0.25) is 0 Å². The molecule has 0 fully saturated rings. The molecule has 65 heavy (non-hydrogen) atoms. The lowest BCUT2D eigenvalue weighted by molar-refractivity contribution is 0.660. The molecule has 1 nitrogen and oxygen atoms in total. The number of fused-ring (bicyclic) bond motifs is 6. The van der Waals surface area contributed by atoms with Crippen LogP contribution in [0, 0.1) is 0 Å². The van der Waals surface area contributed by atoms with Crippen molar-refractivity contribution in [1.29, 1.82) is 0 Å². The van der Waals surface area contributed by atoms with Gasteiger partial charge in [-0.15, -0.1) is 11.3 Å². The maximum Gasteiger partial charge on any atom is 0.0546 e.